The van der Waals surface area contributed by atoms with Crippen molar-refractivity contribution in [1.29, 1.82) is 0 Å². The molecule has 1 aliphatic heterocycles. The Kier molecular flexibility index (Phi) is 5.76. The number of hydrogen-bond acceptors (Lipinski definition) is 2. The molecule has 1 fully saturated rings. The van der Waals surface area contributed by atoms with Crippen LogP contribution in [0.3, 0.4) is 0 Å². The second kappa shape index (κ2) is 7.87. The van der Waals surface area contributed by atoms with Crippen LogP contribution in [0.4, 0.5) is 11.4 Å². The molecule has 0 radical (unpaired) electrons. The van der Waals surface area contributed by atoms with Gasteiger partial charge in [0.1, 0.15) is 0 Å². The third-order valence-electron chi connectivity index (χ3n) is 4.42. The van der Waals surface area contributed by atoms with E-state index in [1.165, 1.54) is 17.7 Å². The van der Waals surface area contributed by atoms with Gasteiger partial charge in [-0.2, -0.15) is 0 Å². The molecular weight excluding hydrogens is 395 g/mol. The Balaban J connectivity index is 1.71. The van der Waals surface area contributed by atoms with Gasteiger partial charge in [0.05, 0.1) is 26.7 Å². The molecule has 0 aromatic heterocycles. The predicted octanol–water partition coefficient (Wildman–Crippen LogP) is 5.20. The lowest BCUT2D eigenvalue weighted by molar-refractivity contribution is -0.122. The number of amides is 2. The molecule has 1 atom stereocenters. The van der Waals surface area contributed by atoms with Gasteiger partial charge in [-0.1, -0.05) is 53.9 Å². The van der Waals surface area contributed by atoms with E-state index < -0.39 is 5.92 Å². The Morgan fingerprint density at radius 1 is 1.12 bits per heavy atom. The van der Waals surface area contributed by atoms with Gasteiger partial charge < -0.3 is 10.2 Å². The van der Waals surface area contributed by atoms with Gasteiger partial charge in [0.15, 0.2) is 0 Å². The van der Waals surface area contributed by atoms with Gasteiger partial charge in [-0.15, -0.1) is 0 Å². The minimum absolute atomic E-state index is 0.0744. The largest absolute Gasteiger partial charge is 0.324 e. The van der Waals surface area contributed by atoms with E-state index in [4.69, 9.17) is 34.8 Å². The van der Waals surface area contributed by atoms with Crippen molar-refractivity contribution in [3.8, 4) is 0 Å². The fraction of sp³-hybridized carbons (Fsp3) is 0.263. The summed E-state index contributed by atoms with van der Waals surface area (Å²) in [5.74, 6) is -0.806. The molecule has 2 aromatic carbocycles. The summed E-state index contributed by atoms with van der Waals surface area (Å²) < 4.78 is 0. The van der Waals surface area contributed by atoms with Crippen LogP contribution in [0.15, 0.2) is 36.4 Å². The van der Waals surface area contributed by atoms with Crippen molar-refractivity contribution in [2.75, 3.05) is 16.8 Å². The van der Waals surface area contributed by atoms with E-state index in [0.717, 1.165) is 12.1 Å². The molecule has 2 amide bonds. The summed E-state index contributed by atoms with van der Waals surface area (Å²) in [4.78, 5) is 26.5. The highest BCUT2D eigenvalue weighted by atomic mass is 35.5. The highest BCUT2D eigenvalue weighted by Crippen LogP contribution is 2.33. The predicted molar refractivity (Wildman–Crippen MR) is 106 cm³/mol. The van der Waals surface area contributed by atoms with Crippen molar-refractivity contribution in [1.82, 2.24) is 0 Å². The van der Waals surface area contributed by atoms with Gasteiger partial charge in [-0.25, -0.2) is 0 Å². The topological polar surface area (TPSA) is 49.4 Å². The molecule has 2 aromatic rings. The molecule has 3 rings (SSSR count). The summed E-state index contributed by atoms with van der Waals surface area (Å²) in [5.41, 5.74) is 2.38. The molecule has 0 aliphatic carbocycles. The average molecular weight is 412 g/mol. The Morgan fingerprint density at radius 2 is 1.77 bits per heavy atom. The van der Waals surface area contributed by atoms with Crippen LogP contribution in [-0.2, 0) is 16.0 Å². The van der Waals surface area contributed by atoms with Gasteiger partial charge in [0, 0.05) is 18.7 Å². The average Bonchev–Trinajstić information content (AvgIpc) is 3.01. The molecular formula is C19H17Cl3N2O2. The van der Waals surface area contributed by atoms with Crippen molar-refractivity contribution in [3.05, 3.63) is 57.0 Å². The maximum absolute atomic E-state index is 12.6. The van der Waals surface area contributed by atoms with E-state index in [1.807, 2.05) is 24.3 Å². The van der Waals surface area contributed by atoms with Crippen LogP contribution in [0.25, 0.3) is 0 Å². The molecule has 0 spiro atoms. The number of carbonyl (C=O) groups is 2. The monoisotopic (exact) mass is 410 g/mol. The van der Waals surface area contributed by atoms with Crippen LogP contribution in [0, 0.1) is 5.92 Å². The van der Waals surface area contributed by atoms with E-state index in [2.05, 4.69) is 12.2 Å². The van der Waals surface area contributed by atoms with Crippen LogP contribution in [0.2, 0.25) is 15.1 Å². The summed E-state index contributed by atoms with van der Waals surface area (Å²) in [6, 6.07) is 10.8. The van der Waals surface area contributed by atoms with Crippen molar-refractivity contribution in [2.45, 2.75) is 19.8 Å². The molecule has 1 heterocycles. The molecule has 1 saturated heterocycles. The summed E-state index contributed by atoms with van der Waals surface area (Å²) in [5, 5.41) is 3.64. The summed E-state index contributed by atoms with van der Waals surface area (Å²) >= 11 is 18.0. The molecule has 4 nitrogen and oxygen atoms in total. The Hall–Kier alpha value is -1.75. The number of rotatable bonds is 4. The lowest BCUT2D eigenvalue weighted by Crippen LogP contribution is -2.28. The maximum atomic E-state index is 12.6. The summed E-state index contributed by atoms with van der Waals surface area (Å²) in [7, 11) is 0. The normalized spacial score (nSPS) is 16.8. The number of benzene rings is 2. The van der Waals surface area contributed by atoms with E-state index in [0.29, 0.717) is 27.3 Å². The first kappa shape index (κ1) is 19.0. The fourth-order valence-corrected chi connectivity index (χ4v) is 3.49. The van der Waals surface area contributed by atoms with Crippen LogP contribution >= 0.6 is 34.8 Å². The summed E-state index contributed by atoms with van der Waals surface area (Å²) in [6.45, 7) is 2.40. The molecule has 1 unspecified atom stereocenters. The van der Waals surface area contributed by atoms with E-state index >= 15 is 0 Å². The fourth-order valence-electron chi connectivity index (χ4n) is 2.90. The van der Waals surface area contributed by atoms with Crippen LogP contribution in [0.1, 0.15) is 18.9 Å². The first-order valence-corrected chi connectivity index (χ1v) is 9.37. The van der Waals surface area contributed by atoms with Crippen molar-refractivity contribution < 1.29 is 9.59 Å². The summed E-state index contributed by atoms with van der Waals surface area (Å²) in [6.07, 6.45) is 1.09. The third-order valence-corrected chi connectivity index (χ3v) is 5.45. The molecule has 26 heavy (non-hydrogen) atoms. The zero-order valence-electron chi connectivity index (χ0n) is 14.1. The second-order valence-corrected chi connectivity index (χ2v) is 7.38. The number of hydrogen-bond donors (Lipinski definition) is 1. The second-order valence-electron chi connectivity index (χ2n) is 6.16. The van der Waals surface area contributed by atoms with E-state index in [1.54, 1.807) is 4.90 Å². The first-order valence-electron chi connectivity index (χ1n) is 8.23. The zero-order valence-corrected chi connectivity index (χ0v) is 16.3. The van der Waals surface area contributed by atoms with Crippen LogP contribution in [-0.4, -0.2) is 18.4 Å². The molecule has 1 aliphatic rings. The quantitative estimate of drug-likeness (QED) is 0.703. The SMILES string of the molecule is CCc1ccc(N2CC(C(=O)Nc3cc(Cl)c(Cl)cc3Cl)CC2=O)cc1. The van der Waals surface area contributed by atoms with Gasteiger partial charge in [-0.3, -0.25) is 9.59 Å². The number of aryl methyl sites for hydroxylation is 1. The minimum atomic E-state index is -0.459. The van der Waals surface area contributed by atoms with Gasteiger partial charge in [-0.05, 0) is 36.2 Å². The first-order chi connectivity index (χ1) is 12.4. The molecule has 0 saturated carbocycles. The molecule has 136 valence electrons. The van der Waals surface area contributed by atoms with E-state index in [9.17, 15) is 9.59 Å². The molecule has 7 heteroatoms. The van der Waals surface area contributed by atoms with Crippen LogP contribution in [0.5, 0.6) is 0 Å². The number of carbonyl (C=O) groups excluding carboxylic acids is 2. The van der Waals surface area contributed by atoms with E-state index in [-0.39, 0.29) is 18.2 Å². The van der Waals surface area contributed by atoms with Gasteiger partial charge in [0.25, 0.3) is 0 Å². The highest BCUT2D eigenvalue weighted by Gasteiger charge is 2.35. The van der Waals surface area contributed by atoms with Crippen molar-refractivity contribution in [2.24, 2.45) is 5.92 Å². The molecule has 1 N–H and O–H groups in total. The van der Waals surface area contributed by atoms with Gasteiger partial charge in [0.2, 0.25) is 11.8 Å². The number of halogens is 3. The Labute approximate surface area is 167 Å². The van der Waals surface area contributed by atoms with Crippen molar-refractivity contribution >= 4 is 58.0 Å². The third kappa shape index (κ3) is 3.98. The van der Waals surface area contributed by atoms with Gasteiger partial charge >= 0.3 is 0 Å². The minimum Gasteiger partial charge on any atom is -0.324 e. The lowest BCUT2D eigenvalue weighted by Gasteiger charge is -2.17. The lowest BCUT2D eigenvalue weighted by atomic mass is 10.1. The van der Waals surface area contributed by atoms with Crippen molar-refractivity contribution in [3.63, 3.8) is 0 Å². The number of anilines is 2. The van der Waals surface area contributed by atoms with Crippen LogP contribution < -0.4 is 10.2 Å². The smallest absolute Gasteiger partial charge is 0.229 e. The molecule has 0 bridgehead atoms. The standard InChI is InChI=1S/C19H17Cl3N2O2/c1-2-11-3-5-13(6-4-11)24-10-12(7-18(24)25)19(26)23-17-9-15(21)14(20)8-16(17)22/h3-6,8-9,12H,2,7,10H2,1H3,(H,23,26). The highest BCUT2D eigenvalue weighted by molar-refractivity contribution is 6.44. The Morgan fingerprint density at radius 3 is 2.42 bits per heavy atom. The number of nitrogens with zero attached hydrogens (tertiary/aromatic N) is 1. The maximum Gasteiger partial charge on any atom is 0.229 e. The zero-order chi connectivity index (χ0) is 18.8. The Bertz CT molecular complexity index is 853. The number of nitrogens with one attached hydrogen (secondary N) is 1.